The Balaban J connectivity index is 0.00000364. The largest absolute Gasteiger partial charge is 0.475 e. The summed E-state index contributed by atoms with van der Waals surface area (Å²) in [6.45, 7) is 9.85. The number of aliphatic imine (C=N–C) groups is 1. The summed E-state index contributed by atoms with van der Waals surface area (Å²) in [7, 11) is 0. The van der Waals surface area contributed by atoms with E-state index in [1.54, 1.807) is 6.20 Å². The molecule has 1 aliphatic rings. The minimum Gasteiger partial charge on any atom is -0.475 e. The number of carbonyl (C=O) groups excluding carboxylic acids is 1. The molecular weight excluding hydrogens is 457 g/mol. The predicted molar refractivity (Wildman–Crippen MR) is 119 cm³/mol. The SMILES string of the molecule is CCNC(=NCc1ccc(OC(C)C)nc1)NCCCN1CCCC1=O.I. The Morgan fingerprint density at radius 2 is 2.19 bits per heavy atom. The van der Waals surface area contributed by atoms with Crippen molar-refractivity contribution < 1.29 is 9.53 Å². The maximum atomic E-state index is 11.6. The van der Waals surface area contributed by atoms with Crippen molar-refractivity contribution >= 4 is 35.8 Å². The van der Waals surface area contributed by atoms with Crippen LogP contribution in [0.4, 0.5) is 0 Å². The van der Waals surface area contributed by atoms with E-state index in [1.165, 1.54) is 0 Å². The van der Waals surface area contributed by atoms with Crippen LogP contribution in [0.25, 0.3) is 0 Å². The van der Waals surface area contributed by atoms with Gasteiger partial charge in [-0.1, -0.05) is 6.07 Å². The third-order valence-electron chi connectivity index (χ3n) is 3.99. The van der Waals surface area contributed by atoms with Crippen molar-refractivity contribution in [2.75, 3.05) is 26.2 Å². The summed E-state index contributed by atoms with van der Waals surface area (Å²) in [5.74, 6) is 1.69. The molecular formula is C19H32IN5O2. The Morgan fingerprint density at radius 1 is 1.37 bits per heavy atom. The Labute approximate surface area is 179 Å². The molecule has 2 rings (SSSR count). The molecule has 2 N–H and O–H groups in total. The second kappa shape index (κ2) is 12.7. The molecule has 152 valence electrons. The summed E-state index contributed by atoms with van der Waals surface area (Å²) >= 11 is 0. The molecule has 0 aromatic carbocycles. The normalized spacial score (nSPS) is 14.3. The third-order valence-corrected chi connectivity index (χ3v) is 3.99. The van der Waals surface area contributed by atoms with E-state index in [-0.39, 0.29) is 36.0 Å². The van der Waals surface area contributed by atoms with Crippen LogP contribution in [0.5, 0.6) is 5.88 Å². The van der Waals surface area contributed by atoms with E-state index in [2.05, 4.69) is 20.6 Å². The lowest BCUT2D eigenvalue weighted by Crippen LogP contribution is -2.39. The van der Waals surface area contributed by atoms with Gasteiger partial charge >= 0.3 is 0 Å². The van der Waals surface area contributed by atoms with Crippen LogP contribution in [0.15, 0.2) is 23.3 Å². The van der Waals surface area contributed by atoms with Crippen LogP contribution in [0.3, 0.4) is 0 Å². The van der Waals surface area contributed by atoms with Gasteiger partial charge in [0.05, 0.1) is 12.6 Å². The molecule has 7 nitrogen and oxygen atoms in total. The summed E-state index contributed by atoms with van der Waals surface area (Å²) in [5.41, 5.74) is 1.03. The van der Waals surface area contributed by atoms with E-state index in [0.29, 0.717) is 18.8 Å². The molecule has 0 bridgehead atoms. The highest BCUT2D eigenvalue weighted by molar-refractivity contribution is 14.0. The molecule has 0 atom stereocenters. The van der Waals surface area contributed by atoms with Crippen molar-refractivity contribution in [1.82, 2.24) is 20.5 Å². The van der Waals surface area contributed by atoms with Gasteiger partial charge in [0.25, 0.3) is 0 Å². The maximum absolute atomic E-state index is 11.6. The van der Waals surface area contributed by atoms with Gasteiger partial charge < -0.3 is 20.3 Å². The number of halogens is 1. The van der Waals surface area contributed by atoms with Crippen molar-refractivity contribution in [1.29, 1.82) is 0 Å². The van der Waals surface area contributed by atoms with E-state index in [0.717, 1.165) is 50.5 Å². The maximum Gasteiger partial charge on any atom is 0.222 e. The fraction of sp³-hybridized carbons (Fsp3) is 0.632. The molecule has 0 aliphatic carbocycles. The topological polar surface area (TPSA) is 78.9 Å². The number of guanidine groups is 1. The van der Waals surface area contributed by atoms with Crippen LogP contribution in [0.1, 0.15) is 45.6 Å². The highest BCUT2D eigenvalue weighted by atomic mass is 127. The standard InChI is InChI=1S/C19H31N5O2.HI/c1-4-20-19(21-10-6-12-24-11-5-7-18(24)25)23-14-16-8-9-17(22-13-16)26-15(2)3;/h8-9,13,15H,4-7,10-12,14H2,1-3H3,(H2,20,21,23);1H. The summed E-state index contributed by atoms with van der Waals surface area (Å²) < 4.78 is 5.55. The second-order valence-electron chi connectivity index (χ2n) is 6.63. The van der Waals surface area contributed by atoms with Crippen molar-refractivity contribution in [2.24, 2.45) is 4.99 Å². The molecule has 27 heavy (non-hydrogen) atoms. The van der Waals surface area contributed by atoms with Crippen molar-refractivity contribution in [3.63, 3.8) is 0 Å². The van der Waals surface area contributed by atoms with Crippen molar-refractivity contribution in [3.05, 3.63) is 23.9 Å². The lowest BCUT2D eigenvalue weighted by molar-refractivity contribution is -0.127. The molecule has 8 heteroatoms. The van der Waals surface area contributed by atoms with Crippen LogP contribution >= 0.6 is 24.0 Å². The number of likely N-dealkylation sites (tertiary alicyclic amines) is 1. The Kier molecular flexibility index (Phi) is 11.1. The molecule has 1 aromatic rings. The smallest absolute Gasteiger partial charge is 0.222 e. The fourth-order valence-corrected chi connectivity index (χ4v) is 2.74. The molecule has 1 saturated heterocycles. The number of carbonyl (C=O) groups is 1. The first-order valence-electron chi connectivity index (χ1n) is 9.50. The Hall–Kier alpha value is -1.58. The summed E-state index contributed by atoms with van der Waals surface area (Å²) in [6, 6.07) is 3.86. The van der Waals surface area contributed by atoms with Crippen LogP contribution in [-0.4, -0.2) is 54.0 Å². The number of amides is 1. The molecule has 0 radical (unpaired) electrons. The van der Waals surface area contributed by atoms with E-state index in [9.17, 15) is 4.79 Å². The van der Waals surface area contributed by atoms with Crippen LogP contribution in [0, 0.1) is 0 Å². The Bertz CT molecular complexity index is 592. The summed E-state index contributed by atoms with van der Waals surface area (Å²) in [5, 5.41) is 6.56. The summed E-state index contributed by atoms with van der Waals surface area (Å²) in [6.07, 6.45) is 4.52. The summed E-state index contributed by atoms with van der Waals surface area (Å²) in [4.78, 5) is 22.4. The van der Waals surface area contributed by atoms with Gasteiger partial charge in [0.2, 0.25) is 11.8 Å². The zero-order chi connectivity index (χ0) is 18.8. The van der Waals surface area contributed by atoms with Gasteiger partial charge in [-0.3, -0.25) is 4.79 Å². The number of hydrogen-bond donors (Lipinski definition) is 2. The zero-order valence-corrected chi connectivity index (χ0v) is 18.9. The van der Waals surface area contributed by atoms with E-state index in [1.807, 2.05) is 37.8 Å². The average Bonchev–Trinajstić information content (AvgIpc) is 3.02. The number of hydrogen-bond acceptors (Lipinski definition) is 4. The van der Waals surface area contributed by atoms with Gasteiger partial charge in [-0.2, -0.15) is 0 Å². The van der Waals surface area contributed by atoms with E-state index >= 15 is 0 Å². The molecule has 0 unspecified atom stereocenters. The first-order valence-corrected chi connectivity index (χ1v) is 9.50. The van der Waals surface area contributed by atoms with Gasteiger partial charge in [0, 0.05) is 44.9 Å². The molecule has 0 saturated carbocycles. The van der Waals surface area contributed by atoms with E-state index in [4.69, 9.17) is 4.74 Å². The molecule has 2 heterocycles. The highest BCUT2D eigenvalue weighted by Gasteiger charge is 2.18. The lowest BCUT2D eigenvalue weighted by Gasteiger charge is -2.16. The Morgan fingerprint density at radius 3 is 2.78 bits per heavy atom. The minimum absolute atomic E-state index is 0. The lowest BCUT2D eigenvalue weighted by atomic mass is 10.3. The van der Waals surface area contributed by atoms with Gasteiger partial charge in [-0.05, 0) is 39.2 Å². The molecule has 1 aliphatic heterocycles. The zero-order valence-electron chi connectivity index (χ0n) is 16.5. The number of rotatable bonds is 9. The van der Waals surface area contributed by atoms with Gasteiger partial charge in [-0.25, -0.2) is 9.98 Å². The molecule has 1 fully saturated rings. The second-order valence-corrected chi connectivity index (χ2v) is 6.63. The molecule has 0 spiro atoms. The van der Waals surface area contributed by atoms with Gasteiger partial charge in [0.1, 0.15) is 0 Å². The van der Waals surface area contributed by atoms with Crippen LogP contribution < -0.4 is 15.4 Å². The predicted octanol–water partition coefficient (Wildman–Crippen LogP) is 2.55. The average molecular weight is 489 g/mol. The van der Waals surface area contributed by atoms with Crippen molar-refractivity contribution in [3.8, 4) is 5.88 Å². The number of aromatic nitrogens is 1. The van der Waals surface area contributed by atoms with Crippen molar-refractivity contribution in [2.45, 2.75) is 52.7 Å². The van der Waals surface area contributed by atoms with E-state index < -0.39 is 0 Å². The molecule has 1 aromatic heterocycles. The number of ether oxygens (including phenoxy) is 1. The fourth-order valence-electron chi connectivity index (χ4n) is 2.74. The van der Waals surface area contributed by atoms with Crippen LogP contribution in [-0.2, 0) is 11.3 Å². The first-order chi connectivity index (χ1) is 12.6. The van der Waals surface area contributed by atoms with Gasteiger partial charge in [-0.15, -0.1) is 24.0 Å². The highest BCUT2D eigenvalue weighted by Crippen LogP contribution is 2.10. The van der Waals surface area contributed by atoms with Gasteiger partial charge in [0.15, 0.2) is 5.96 Å². The first kappa shape index (κ1) is 23.5. The quantitative estimate of drug-likeness (QED) is 0.241. The number of pyridine rings is 1. The third kappa shape index (κ3) is 8.77. The number of nitrogens with one attached hydrogen (secondary N) is 2. The molecule has 1 amide bonds. The minimum atomic E-state index is 0. The van der Waals surface area contributed by atoms with Crippen LogP contribution in [0.2, 0.25) is 0 Å². The number of nitrogens with zero attached hydrogens (tertiary/aromatic N) is 3. The monoisotopic (exact) mass is 489 g/mol.